The van der Waals surface area contributed by atoms with Crippen LogP contribution in [0.3, 0.4) is 0 Å². The minimum atomic E-state index is 0.307. The molecule has 0 aromatic heterocycles. The Bertz CT molecular complexity index is 477. The van der Waals surface area contributed by atoms with Crippen LogP contribution in [0.2, 0.25) is 0 Å². The van der Waals surface area contributed by atoms with Crippen molar-refractivity contribution in [2.45, 2.75) is 50.8 Å². The molecule has 0 spiro atoms. The van der Waals surface area contributed by atoms with Gasteiger partial charge in [0.1, 0.15) is 13.2 Å². The topological polar surface area (TPSA) is 39.7 Å². The molecule has 21 heavy (non-hydrogen) atoms. The standard InChI is InChI=1S/C17H25NO3/c1-12(18-14-4-3-5-15(11-14)19-2)13-6-7-16-17(10-13)21-9-8-20-16/h6-7,10,12,14-15,18H,3-5,8-9,11H2,1-2H3. The van der Waals surface area contributed by atoms with Crippen LogP contribution >= 0.6 is 0 Å². The number of fused-ring (bicyclic) bond motifs is 1. The third kappa shape index (κ3) is 3.50. The summed E-state index contributed by atoms with van der Waals surface area (Å²) in [4.78, 5) is 0. The maximum atomic E-state index is 5.67. The molecule has 3 rings (SSSR count). The van der Waals surface area contributed by atoms with Gasteiger partial charge in [-0.15, -0.1) is 0 Å². The van der Waals surface area contributed by atoms with Crippen LogP contribution in [-0.2, 0) is 4.74 Å². The number of ether oxygens (including phenoxy) is 3. The van der Waals surface area contributed by atoms with E-state index in [-0.39, 0.29) is 0 Å². The van der Waals surface area contributed by atoms with Crippen LogP contribution in [0.5, 0.6) is 11.5 Å². The minimum Gasteiger partial charge on any atom is -0.486 e. The summed E-state index contributed by atoms with van der Waals surface area (Å²) < 4.78 is 16.7. The fourth-order valence-corrected chi connectivity index (χ4v) is 3.29. The van der Waals surface area contributed by atoms with Crippen molar-refractivity contribution in [1.82, 2.24) is 5.32 Å². The van der Waals surface area contributed by atoms with Gasteiger partial charge in [-0.2, -0.15) is 0 Å². The Hall–Kier alpha value is -1.26. The second kappa shape index (κ2) is 6.67. The van der Waals surface area contributed by atoms with Gasteiger partial charge in [0.15, 0.2) is 11.5 Å². The van der Waals surface area contributed by atoms with Crippen molar-refractivity contribution in [3.63, 3.8) is 0 Å². The summed E-state index contributed by atoms with van der Waals surface area (Å²) >= 11 is 0. The number of hydrogen-bond donors (Lipinski definition) is 1. The van der Waals surface area contributed by atoms with Gasteiger partial charge in [-0.25, -0.2) is 0 Å². The summed E-state index contributed by atoms with van der Waals surface area (Å²) in [6.07, 6.45) is 5.17. The third-order valence-electron chi connectivity index (χ3n) is 4.51. The molecule has 4 nitrogen and oxygen atoms in total. The molecule has 0 radical (unpaired) electrons. The largest absolute Gasteiger partial charge is 0.486 e. The van der Waals surface area contributed by atoms with Crippen LogP contribution in [-0.4, -0.2) is 32.5 Å². The molecule has 2 aliphatic rings. The highest BCUT2D eigenvalue weighted by Crippen LogP contribution is 2.33. The maximum Gasteiger partial charge on any atom is 0.161 e. The SMILES string of the molecule is COC1CCCC(NC(C)c2ccc3c(c2)OCCO3)C1. The zero-order valence-electron chi connectivity index (χ0n) is 12.9. The number of hydrogen-bond acceptors (Lipinski definition) is 4. The lowest BCUT2D eigenvalue weighted by atomic mass is 9.92. The molecule has 4 heteroatoms. The Balaban J connectivity index is 1.63. The number of rotatable bonds is 4. The Morgan fingerprint density at radius 3 is 2.81 bits per heavy atom. The van der Waals surface area contributed by atoms with Crippen molar-refractivity contribution < 1.29 is 14.2 Å². The first kappa shape index (κ1) is 14.7. The zero-order valence-corrected chi connectivity index (χ0v) is 12.9. The first-order valence-electron chi connectivity index (χ1n) is 7.94. The number of methoxy groups -OCH3 is 1. The molecule has 1 heterocycles. The van der Waals surface area contributed by atoms with Crippen LogP contribution in [0.15, 0.2) is 18.2 Å². The molecule has 1 aliphatic carbocycles. The lowest BCUT2D eigenvalue weighted by molar-refractivity contribution is 0.0572. The highest BCUT2D eigenvalue weighted by molar-refractivity contribution is 5.44. The van der Waals surface area contributed by atoms with E-state index in [4.69, 9.17) is 14.2 Å². The quantitative estimate of drug-likeness (QED) is 0.925. The fourth-order valence-electron chi connectivity index (χ4n) is 3.29. The number of nitrogens with one attached hydrogen (secondary N) is 1. The molecule has 116 valence electrons. The second-order valence-corrected chi connectivity index (χ2v) is 6.01. The molecule has 1 aromatic rings. The van der Waals surface area contributed by atoms with E-state index >= 15 is 0 Å². The summed E-state index contributed by atoms with van der Waals surface area (Å²) in [7, 11) is 1.82. The summed E-state index contributed by atoms with van der Waals surface area (Å²) in [5.74, 6) is 1.72. The minimum absolute atomic E-state index is 0.307. The van der Waals surface area contributed by atoms with E-state index in [1.807, 2.05) is 13.2 Å². The Kier molecular flexibility index (Phi) is 4.66. The molecule has 0 bridgehead atoms. The van der Waals surface area contributed by atoms with Gasteiger partial charge >= 0.3 is 0 Å². The van der Waals surface area contributed by atoms with Crippen molar-refractivity contribution in [3.8, 4) is 11.5 Å². The van der Waals surface area contributed by atoms with Crippen molar-refractivity contribution in [2.75, 3.05) is 20.3 Å². The second-order valence-electron chi connectivity index (χ2n) is 6.01. The third-order valence-corrected chi connectivity index (χ3v) is 4.51. The predicted octanol–water partition coefficient (Wildman–Crippen LogP) is 3.07. The molecule has 1 aliphatic heterocycles. The molecule has 0 amide bonds. The van der Waals surface area contributed by atoms with Crippen LogP contribution in [0, 0.1) is 0 Å². The van der Waals surface area contributed by atoms with Crippen LogP contribution in [0.1, 0.15) is 44.2 Å². The molecular weight excluding hydrogens is 266 g/mol. The van der Waals surface area contributed by atoms with Crippen LogP contribution < -0.4 is 14.8 Å². The Labute approximate surface area is 126 Å². The molecule has 3 atom stereocenters. The molecule has 3 unspecified atom stereocenters. The van der Waals surface area contributed by atoms with E-state index in [1.165, 1.54) is 24.8 Å². The highest BCUT2D eigenvalue weighted by atomic mass is 16.6. The van der Waals surface area contributed by atoms with E-state index in [2.05, 4.69) is 24.4 Å². The van der Waals surface area contributed by atoms with E-state index in [0.717, 1.165) is 17.9 Å². The normalized spacial score (nSPS) is 26.4. The average Bonchev–Trinajstić information content (AvgIpc) is 2.54. The van der Waals surface area contributed by atoms with Crippen molar-refractivity contribution in [2.24, 2.45) is 0 Å². The van der Waals surface area contributed by atoms with Gasteiger partial charge in [0.2, 0.25) is 0 Å². The lowest BCUT2D eigenvalue weighted by Gasteiger charge is -2.31. The molecule has 1 fully saturated rings. The van der Waals surface area contributed by atoms with Gasteiger partial charge in [-0.3, -0.25) is 0 Å². The summed E-state index contributed by atoms with van der Waals surface area (Å²) in [6.45, 7) is 3.48. The predicted molar refractivity (Wildman–Crippen MR) is 82.0 cm³/mol. The highest BCUT2D eigenvalue weighted by Gasteiger charge is 2.23. The van der Waals surface area contributed by atoms with Gasteiger partial charge in [0.25, 0.3) is 0 Å². The summed E-state index contributed by atoms with van der Waals surface area (Å²) in [5.41, 5.74) is 1.25. The summed E-state index contributed by atoms with van der Waals surface area (Å²) in [5, 5.41) is 3.73. The summed E-state index contributed by atoms with van der Waals surface area (Å²) in [6, 6.07) is 7.08. The first-order chi connectivity index (χ1) is 10.3. The average molecular weight is 291 g/mol. The molecule has 1 N–H and O–H groups in total. The first-order valence-corrected chi connectivity index (χ1v) is 7.94. The van der Waals surface area contributed by atoms with Crippen molar-refractivity contribution in [3.05, 3.63) is 23.8 Å². The van der Waals surface area contributed by atoms with E-state index in [9.17, 15) is 0 Å². The van der Waals surface area contributed by atoms with Gasteiger partial charge in [-0.1, -0.05) is 6.07 Å². The van der Waals surface area contributed by atoms with Crippen LogP contribution in [0.4, 0.5) is 0 Å². The van der Waals surface area contributed by atoms with E-state index < -0.39 is 0 Å². The number of benzene rings is 1. The molecule has 1 aromatic carbocycles. The molecule has 0 saturated heterocycles. The van der Waals surface area contributed by atoms with E-state index in [1.54, 1.807) is 0 Å². The van der Waals surface area contributed by atoms with Gasteiger partial charge in [0, 0.05) is 19.2 Å². The van der Waals surface area contributed by atoms with Crippen LogP contribution in [0.25, 0.3) is 0 Å². The smallest absolute Gasteiger partial charge is 0.161 e. The zero-order chi connectivity index (χ0) is 14.7. The van der Waals surface area contributed by atoms with Crippen molar-refractivity contribution >= 4 is 0 Å². The molecular formula is C17H25NO3. The van der Waals surface area contributed by atoms with Gasteiger partial charge < -0.3 is 19.5 Å². The van der Waals surface area contributed by atoms with Gasteiger partial charge in [-0.05, 0) is 50.3 Å². The Morgan fingerprint density at radius 1 is 1.19 bits per heavy atom. The van der Waals surface area contributed by atoms with Gasteiger partial charge in [0.05, 0.1) is 6.10 Å². The van der Waals surface area contributed by atoms with Crippen molar-refractivity contribution in [1.29, 1.82) is 0 Å². The maximum absolute atomic E-state index is 5.67. The fraction of sp³-hybridized carbons (Fsp3) is 0.647. The lowest BCUT2D eigenvalue weighted by Crippen LogP contribution is -2.38. The Morgan fingerprint density at radius 2 is 2.00 bits per heavy atom. The van der Waals surface area contributed by atoms with E-state index in [0.29, 0.717) is 31.4 Å². The molecule has 1 saturated carbocycles. The monoisotopic (exact) mass is 291 g/mol.